The van der Waals surface area contributed by atoms with Crippen molar-refractivity contribution in [1.82, 2.24) is 0 Å². The van der Waals surface area contributed by atoms with Crippen LogP contribution in [0.2, 0.25) is 5.02 Å². The molecular weight excluding hydrogens is 354 g/mol. The van der Waals surface area contributed by atoms with Crippen LogP contribution in [-0.2, 0) is 0 Å². The number of hydrogen-bond donors (Lipinski definition) is 1. The van der Waals surface area contributed by atoms with Gasteiger partial charge in [0, 0.05) is 24.2 Å². The average molecular weight is 374 g/mol. The summed E-state index contributed by atoms with van der Waals surface area (Å²) in [6.07, 6.45) is 3.07. The Kier molecular flexibility index (Phi) is 5.42. The van der Waals surface area contributed by atoms with E-state index in [9.17, 15) is 14.9 Å². The van der Waals surface area contributed by atoms with Crippen LogP contribution in [0, 0.1) is 10.1 Å². The molecule has 3 rings (SSSR count). The monoisotopic (exact) mass is 373 g/mol. The van der Waals surface area contributed by atoms with Gasteiger partial charge in [0.1, 0.15) is 5.69 Å². The van der Waals surface area contributed by atoms with Gasteiger partial charge < -0.3 is 10.2 Å². The molecule has 1 heterocycles. The molecule has 2 aromatic carbocycles. The summed E-state index contributed by atoms with van der Waals surface area (Å²) in [5, 5.41) is 14.4. The van der Waals surface area contributed by atoms with E-state index >= 15 is 0 Å². The van der Waals surface area contributed by atoms with Crippen LogP contribution in [0.5, 0.6) is 0 Å². The third-order valence-corrected chi connectivity index (χ3v) is 4.97. The van der Waals surface area contributed by atoms with E-state index in [2.05, 4.69) is 12.2 Å². The first-order valence-electron chi connectivity index (χ1n) is 8.58. The molecule has 2 aromatic rings. The minimum atomic E-state index is -0.425. The predicted molar refractivity (Wildman–Crippen MR) is 103 cm³/mol. The molecule has 1 aliphatic rings. The zero-order valence-electron chi connectivity index (χ0n) is 14.4. The molecule has 0 saturated carbocycles. The number of carbonyl (C=O) groups excluding carboxylic acids is 1. The summed E-state index contributed by atoms with van der Waals surface area (Å²) < 4.78 is 0. The number of nitrogens with zero attached hydrogens (tertiary/aromatic N) is 2. The van der Waals surface area contributed by atoms with Crippen LogP contribution in [0.15, 0.2) is 42.5 Å². The Bertz CT molecular complexity index is 826. The van der Waals surface area contributed by atoms with Crippen molar-refractivity contribution >= 4 is 34.6 Å². The lowest BCUT2D eigenvalue weighted by atomic mass is 10.0. The highest BCUT2D eigenvalue weighted by atomic mass is 35.5. The minimum absolute atomic E-state index is 0.0403. The lowest BCUT2D eigenvalue weighted by molar-refractivity contribution is -0.384. The van der Waals surface area contributed by atoms with E-state index in [4.69, 9.17) is 11.6 Å². The second kappa shape index (κ2) is 7.74. The van der Waals surface area contributed by atoms with Crippen LogP contribution in [-0.4, -0.2) is 23.4 Å². The zero-order chi connectivity index (χ0) is 18.7. The van der Waals surface area contributed by atoms with Gasteiger partial charge >= 0.3 is 0 Å². The van der Waals surface area contributed by atoms with E-state index in [-0.39, 0.29) is 22.7 Å². The molecule has 1 saturated heterocycles. The van der Waals surface area contributed by atoms with Gasteiger partial charge in [-0.25, -0.2) is 0 Å². The van der Waals surface area contributed by atoms with Crippen molar-refractivity contribution in [2.75, 3.05) is 16.8 Å². The number of carbonyl (C=O) groups is 1. The van der Waals surface area contributed by atoms with Crippen molar-refractivity contribution in [3.63, 3.8) is 0 Å². The third kappa shape index (κ3) is 3.80. The van der Waals surface area contributed by atoms with Crippen LogP contribution >= 0.6 is 11.6 Å². The second-order valence-corrected chi connectivity index (χ2v) is 6.84. The van der Waals surface area contributed by atoms with E-state index in [1.165, 1.54) is 6.07 Å². The Morgan fingerprint density at radius 3 is 2.65 bits per heavy atom. The number of rotatable bonds is 4. The van der Waals surface area contributed by atoms with Gasteiger partial charge in [0.2, 0.25) is 0 Å². The molecule has 1 aliphatic heterocycles. The first-order chi connectivity index (χ1) is 12.5. The number of halogens is 1. The average Bonchev–Trinajstić information content (AvgIpc) is 2.64. The SMILES string of the molecule is C[C@@H]1CCCCN1c1cc(NC(=O)c2ccccc2)c(Cl)cc1[N+](=O)[O-]. The fourth-order valence-electron chi connectivity index (χ4n) is 3.26. The maximum atomic E-state index is 12.4. The molecule has 1 fully saturated rings. The topological polar surface area (TPSA) is 75.5 Å². The zero-order valence-corrected chi connectivity index (χ0v) is 15.2. The molecule has 0 aliphatic carbocycles. The molecule has 0 aromatic heterocycles. The van der Waals surface area contributed by atoms with Crippen LogP contribution in [0.3, 0.4) is 0 Å². The van der Waals surface area contributed by atoms with Crippen molar-refractivity contribution in [2.45, 2.75) is 32.2 Å². The van der Waals surface area contributed by atoms with E-state index in [0.29, 0.717) is 16.9 Å². The number of nitro groups is 1. The van der Waals surface area contributed by atoms with Crippen molar-refractivity contribution in [3.05, 3.63) is 63.2 Å². The van der Waals surface area contributed by atoms with Gasteiger partial charge in [-0.1, -0.05) is 29.8 Å². The molecule has 0 bridgehead atoms. The van der Waals surface area contributed by atoms with Crippen molar-refractivity contribution < 1.29 is 9.72 Å². The van der Waals surface area contributed by atoms with Crippen molar-refractivity contribution in [1.29, 1.82) is 0 Å². The smallest absolute Gasteiger partial charge is 0.294 e. The lowest BCUT2D eigenvalue weighted by Crippen LogP contribution is -2.37. The number of nitrogens with one attached hydrogen (secondary N) is 1. The number of benzene rings is 2. The maximum absolute atomic E-state index is 12.4. The number of nitro benzene ring substituents is 1. The highest BCUT2D eigenvalue weighted by molar-refractivity contribution is 6.34. The Morgan fingerprint density at radius 1 is 1.27 bits per heavy atom. The number of hydrogen-bond acceptors (Lipinski definition) is 4. The number of piperidine rings is 1. The van der Waals surface area contributed by atoms with E-state index in [1.54, 1.807) is 30.3 Å². The summed E-state index contributed by atoms with van der Waals surface area (Å²) in [7, 11) is 0. The summed E-state index contributed by atoms with van der Waals surface area (Å²) in [4.78, 5) is 25.5. The van der Waals surface area contributed by atoms with Crippen molar-refractivity contribution in [2.24, 2.45) is 0 Å². The molecule has 0 spiro atoms. The second-order valence-electron chi connectivity index (χ2n) is 6.44. The summed E-state index contributed by atoms with van der Waals surface area (Å²) in [6.45, 7) is 2.80. The van der Waals surface area contributed by atoms with E-state index in [1.807, 2.05) is 11.0 Å². The van der Waals surface area contributed by atoms with Gasteiger partial charge in [-0.05, 0) is 44.4 Å². The lowest BCUT2D eigenvalue weighted by Gasteiger charge is -2.35. The summed E-state index contributed by atoms with van der Waals surface area (Å²) in [6, 6.07) is 11.9. The molecule has 1 amide bonds. The summed E-state index contributed by atoms with van der Waals surface area (Å²) in [5.74, 6) is -0.306. The molecule has 1 atom stereocenters. The van der Waals surface area contributed by atoms with Gasteiger partial charge in [-0.3, -0.25) is 14.9 Å². The molecule has 6 nitrogen and oxygen atoms in total. The number of anilines is 2. The third-order valence-electron chi connectivity index (χ3n) is 4.66. The highest BCUT2D eigenvalue weighted by Gasteiger charge is 2.27. The summed E-state index contributed by atoms with van der Waals surface area (Å²) in [5.41, 5.74) is 1.32. The van der Waals surface area contributed by atoms with Crippen LogP contribution < -0.4 is 10.2 Å². The molecule has 7 heteroatoms. The molecule has 136 valence electrons. The maximum Gasteiger partial charge on any atom is 0.294 e. The fourth-order valence-corrected chi connectivity index (χ4v) is 3.47. The van der Waals surface area contributed by atoms with E-state index in [0.717, 1.165) is 25.8 Å². The number of amides is 1. The minimum Gasteiger partial charge on any atom is -0.363 e. The predicted octanol–water partition coefficient (Wildman–Crippen LogP) is 4.88. The first-order valence-corrected chi connectivity index (χ1v) is 8.96. The normalized spacial score (nSPS) is 17.0. The van der Waals surface area contributed by atoms with Gasteiger partial charge in [-0.2, -0.15) is 0 Å². The first kappa shape index (κ1) is 18.2. The quantitative estimate of drug-likeness (QED) is 0.612. The Labute approximate surface area is 156 Å². The highest BCUT2D eigenvalue weighted by Crippen LogP contribution is 2.39. The Morgan fingerprint density at radius 2 is 2.00 bits per heavy atom. The fraction of sp³-hybridized carbons (Fsp3) is 0.316. The summed E-state index contributed by atoms with van der Waals surface area (Å²) >= 11 is 6.21. The van der Waals surface area contributed by atoms with Crippen molar-refractivity contribution in [3.8, 4) is 0 Å². The molecule has 0 unspecified atom stereocenters. The van der Waals surface area contributed by atoms with Gasteiger partial charge in [0.25, 0.3) is 11.6 Å². The molecule has 1 N–H and O–H groups in total. The van der Waals surface area contributed by atoms with Crippen LogP contribution in [0.1, 0.15) is 36.5 Å². The Hall–Kier alpha value is -2.60. The van der Waals surface area contributed by atoms with E-state index < -0.39 is 4.92 Å². The van der Waals surface area contributed by atoms with Crippen LogP contribution in [0.25, 0.3) is 0 Å². The largest absolute Gasteiger partial charge is 0.363 e. The van der Waals surface area contributed by atoms with Crippen LogP contribution in [0.4, 0.5) is 17.1 Å². The molecular formula is C19H20ClN3O3. The standard InChI is InChI=1S/C19H20ClN3O3/c1-13-7-5-6-10-22(13)17-12-16(15(20)11-18(17)23(25)26)21-19(24)14-8-3-2-4-9-14/h2-4,8-9,11-13H,5-7,10H2,1H3,(H,21,24)/t13-/m1/s1. The van der Waals surface area contributed by atoms with Gasteiger partial charge in [0.15, 0.2) is 0 Å². The van der Waals surface area contributed by atoms with Gasteiger partial charge in [-0.15, -0.1) is 0 Å². The molecule has 26 heavy (non-hydrogen) atoms. The Balaban J connectivity index is 1.97. The molecule has 0 radical (unpaired) electrons. The van der Waals surface area contributed by atoms with Gasteiger partial charge in [0.05, 0.1) is 15.6 Å².